The number of carbonyl (C=O) groups is 1. The summed E-state index contributed by atoms with van der Waals surface area (Å²) in [5, 5.41) is 7.01. The van der Waals surface area contributed by atoms with Crippen molar-refractivity contribution in [3.05, 3.63) is 48.3 Å². The SMILES string of the molecule is COCCn1cc(NC(=O)C(C)C(N)c2ccccc2)cn1.Cl. The standard InChI is InChI=1S/C16H22N4O2.ClH/c1-12(15(17)13-6-4-3-5-7-13)16(21)19-14-10-18-20(11-14)8-9-22-2;/h3-7,10-12,15H,8-9,17H2,1-2H3,(H,19,21);1H. The summed E-state index contributed by atoms with van der Waals surface area (Å²) < 4.78 is 6.71. The van der Waals surface area contributed by atoms with Crippen molar-refractivity contribution in [2.24, 2.45) is 11.7 Å². The molecule has 0 bridgehead atoms. The second kappa shape index (κ2) is 9.29. The number of amides is 1. The highest BCUT2D eigenvalue weighted by Gasteiger charge is 2.22. The summed E-state index contributed by atoms with van der Waals surface area (Å²) in [6, 6.07) is 9.27. The molecule has 0 saturated heterocycles. The highest BCUT2D eigenvalue weighted by atomic mass is 35.5. The Morgan fingerprint density at radius 3 is 2.74 bits per heavy atom. The van der Waals surface area contributed by atoms with Gasteiger partial charge in [-0.3, -0.25) is 9.48 Å². The Labute approximate surface area is 142 Å². The molecule has 2 unspecified atom stereocenters. The van der Waals surface area contributed by atoms with Crippen LogP contribution in [0.2, 0.25) is 0 Å². The Hall–Kier alpha value is -1.89. The first-order chi connectivity index (χ1) is 10.6. The second-order valence-corrected chi connectivity index (χ2v) is 5.20. The number of anilines is 1. The molecule has 126 valence electrons. The van der Waals surface area contributed by atoms with Crippen LogP contribution in [-0.4, -0.2) is 29.4 Å². The van der Waals surface area contributed by atoms with Crippen molar-refractivity contribution in [2.45, 2.75) is 19.5 Å². The van der Waals surface area contributed by atoms with Gasteiger partial charge in [-0.15, -0.1) is 12.4 Å². The van der Waals surface area contributed by atoms with Crippen molar-refractivity contribution in [1.29, 1.82) is 0 Å². The minimum Gasteiger partial charge on any atom is -0.383 e. The number of nitrogens with zero attached hydrogens (tertiary/aromatic N) is 2. The quantitative estimate of drug-likeness (QED) is 0.811. The summed E-state index contributed by atoms with van der Waals surface area (Å²) in [6.45, 7) is 3.04. The summed E-state index contributed by atoms with van der Waals surface area (Å²) in [6.07, 6.45) is 3.39. The molecule has 2 aromatic rings. The number of benzene rings is 1. The van der Waals surface area contributed by atoms with Crippen LogP contribution in [0.15, 0.2) is 42.7 Å². The van der Waals surface area contributed by atoms with Crippen LogP contribution in [0.1, 0.15) is 18.5 Å². The lowest BCUT2D eigenvalue weighted by molar-refractivity contribution is -0.120. The number of rotatable bonds is 7. The van der Waals surface area contributed by atoms with Gasteiger partial charge in [0.15, 0.2) is 0 Å². The monoisotopic (exact) mass is 338 g/mol. The molecular weight excluding hydrogens is 316 g/mol. The van der Waals surface area contributed by atoms with E-state index in [1.807, 2.05) is 37.3 Å². The van der Waals surface area contributed by atoms with Crippen molar-refractivity contribution < 1.29 is 9.53 Å². The van der Waals surface area contributed by atoms with Crippen LogP contribution in [0.5, 0.6) is 0 Å². The number of halogens is 1. The minimum absolute atomic E-state index is 0. The van der Waals surface area contributed by atoms with Gasteiger partial charge in [-0.05, 0) is 5.56 Å². The number of nitrogens with two attached hydrogens (primary N) is 1. The van der Waals surface area contributed by atoms with Gasteiger partial charge < -0.3 is 15.8 Å². The van der Waals surface area contributed by atoms with Gasteiger partial charge in [0.1, 0.15) is 0 Å². The fraction of sp³-hybridized carbons (Fsp3) is 0.375. The normalized spacial score (nSPS) is 13.0. The molecule has 1 aromatic heterocycles. The molecule has 23 heavy (non-hydrogen) atoms. The predicted molar refractivity (Wildman–Crippen MR) is 92.5 cm³/mol. The molecule has 0 spiro atoms. The molecule has 0 aliphatic rings. The van der Waals surface area contributed by atoms with Crippen LogP contribution in [-0.2, 0) is 16.1 Å². The van der Waals surface area contributed by atoms with E-state index in [1.165, 1.54) is 0 Å². The average molecular weight is 339 g/mol. The fourth-order valence-corrected chi connectivity index (χ4v) is 2.12. The number of nitrogens with one attached hydrogen (secondary N) is 1. The molecule has 2 rings (SSSR count). The van der Waals surface area contributed by atoms with Gasteiger partial charge in [0.2, 0.25) is 5.91 Å². The van der Waals surface area contributed by atoms with Crippen molar-refractivity contribution in [3.63, 3.8) is 0 Å². The lowest BCUT2D eigenvalue weighted by Gasteiger charge is -2.19. The van der Waals surface area contributed by atoms with Gasteiger partial charge in [0.05, 0.1) is 31.0 Å². The number of carbonyl (C=O) groups excluding carboxylic acids is 1. The summed E-state index contributed by atoms with van der Waals surface area (Å²) in [7, 11) is 1.64. The zero-order valence-corrected chi connectivity index (χ0v) is 14.1. The number of aromatic nitrogens is 2. The molecule has 0 aliphatic heterocycles. The van der Waals surface area contributed by atoms with Crippen molar-refractivity contribution in [1.82, 2.24) is 9.78 Å². The van der Waals surface area contributed by atoms with E-state index in [0.29, 0.717) is 18.8 Å². The van der Waals surface area contributed by atoms with Crippen LogP contribution >= 0.6 is 12.4 Å². The summed E-state index contributed by atoms with van der Waals surface area (Å²) in [5.41, 5.74) is 7.77. The zero-order valence-electron chi connectivity index (χ0n) is 13.3. The summed E-state index contributed by atoms with van der Waals surface area (Å²) in [5.74, 6) is -0.465. The fourth-order valence-electron chi connectivity index (χ4n) is 2.12. The first-order valence-electron chi connectivity index (χ1n) is 7.24. The Kier molecular flexibility index (Phi) is 7.74. The van der Waals surface area contributed by atoms with E-state index >= 15 is 0 Å². The summed E-state index contributed by atoms with van der Waals surface area (Å²) >= 11 is 0. The zero-order chi connectivity index (χ0) is 15.9. The van der Waals surface area contributed by atoms with E-state index in [-0.39, 0.29) is 30.3 Å². The minimum atomic E-state index is -0.343. The Balaban J connectivity index is 0.00000264. The largest absolute Gasteiger partial charge is 0.383 e. The predicted octanol–water partition coefficient (Wildman–Crippen LogP) is 2.23. The number of ether oxygens (including phenoxy) is 1. The Morgan fingerprint density at radius 1 is 1.39 bits per heavy atom. The lowest BCUT2D eigenvalue weighted by Crippen LogP contribution is -2.30. The van der Waals surface area contributed by atoms with Crippen LogP contribution in [0.3, 0.4) is 0 Å². The van der Waals surface area contributed by atoms with Gasteiger partial charge in [-0.1, -0.05) is 37.3 Å². The maximum Gasteiger partial charge on any atom is 0.229 e. The maximum absolute atomic E-state index is 12.3. The van der Waals surface area contributed by atoms with Crippen LogP contribution in [0.4, 0.5) is 5.69 Å². The number of hydrogen-bond donors (Lipinski definition) is 2. The molecule has 6 nitrogen and oxygen atoms in total. The maximum atomic E-state index is 12.3. The first kappa shape index (κ1) is 19.2. The highest BCUT2D eigenvalue weighted by Crippen LogP contribution is 2.20. The third-order valence-corrected chi connectivity index (χ3v) is 3.56. The van der Waals surface area contributed by atoms with Gasteiger partial charge in [-0.2, -0.15) is 5.10 Å². The molecule has 2 atom stereocenters. The van der Waals surface area contributed by atoms with Crippen molar-refractivity contribution in [2.75, 3.05) is 19.0 Å². The Morgan fingerprint density at radius 2 is 2.09 bits per heavy atom. The molecule has 0 radical (unpaired) electrons. The Bertz CT molecular complexity index is 603. The van der Waals surface area contributed by atoms with Crippen LogP contribution < -0.4 is 11.1 Å². The van der Waals surface area contributed by atoms with Gasteiger partial charge >= 0.3 is 0 Å². The molecule has 1 heterocycles. The number of methoxy groups -OCH3 is 1. The van der Waals surface area contributed by atoms with Crippen molar-refractivity contribution in [3.8, 4) is 0 Å². The van der Waals surface area contributed by atoms with E-state index in [9.17, 15) is 4.79 Å². The lowest BCUT2D eigenvalue weighted by atomic mass is 9.95. The van der Waals surface area contributed by atoms with Crippen molar-refractivity contribution >= 4 is 24.0 Å². The topological polar surface area (TPSA) is 82.2 Å². The number of hydrogen-bond acceptors (Lipinski definition) is 4. The van der Waals surface area contributed by atoms with E-state index in [4.69, 9.17) is 10.5 Å². The first-order valence-corrected chi connectivity index (χ1v) is 7.24. The van der Waals surface area contributed by atoms with E-state index in [1.54, 1.807) is 24.2 Å². The van der Waals surface area contributed by atoms with E-state index < -0.39 is 0 Å². The second-order valence-electron chi connectivity index (χ2n) is 5.20. The van der Waals surface area contributed by atoms with E-state index in [2.05, 4.69) is 10.4 Å². The van der Waals surface area contributed by atoms with Gasteiger partial charge in [0, 0.05) is 19.3 Å². The van der Waals surface area contributed by atoms with Gasteiger partial charge in [0.25, 0.3) is 0 Å². The molecule has 0 fully saturated rings. The third-order valence-electron chi connectivity index (χ3n) is 3.56. The van der Waals surface area contributed by atoms with Gasteiger partial charge in [-0.25, -0.2) is 0 Å². The molecule has 0 aliphatic carbocycles. The van der Waals surface area contributed by atoms with Crippen LogP contribution in [0, 0.1) is 5.92 Å². The molecule has 1 amide bonds. The highest BCUT2D eigenvalue weighted by molar-refractivity contribution is 5.92. The molecule has 7 heteroatoms. The third kappa shape index (κ3) is 5.35. The molecule has 0 saturated carbocycles. The van der Waals surface area contributed by atoms with Crippen LogP contribution in [0.25, 0.3) is 0 Å². The molecule has 3 N–H and O–H groups in total. The smallest absolute Gasteiger partial charge is 0.229 e. The summed E-state index contributed by atoms with van der Waals surface area (Å²) in [4.78, 5) is 12.3. The van der Waals surface area contributed by atoms with E-state index in [0.717, 1.165) is 5.56 Å². The molecule has 1 aromatic carbocycles. The molecular formula is C16H23ClN4O2. The average Bonchev–Trinajstić information content (AvgIpc) is 2.99.